The second kappa shape index (κ2) is 11.8. The predicted molar refractivity (Wildman–Crippen MR) is 155 cm³/mol. The largest absolute Gasteiger partial charge is 0.379 e. The fraction of sp³-hybridized carbons (Fsp3) is 0.219. The summed E-state index contributed by atoms with van der Waals surface area (Å²) in [5, 5.41) is 5.16. The molecule has 0 aliphatic carbocycles. The van der Waals surface area contributed by atoms with Gasteiger partial charge < -0.3 is 9.64 Å². The lowest BCUT2D eigenvalue weighted by molar-refractivity contribution is -0.120. The first-order valence-corrected chi connectivity index (χ1v) is 14.1. The lowest BCUT2D eigenvalue weighted by atomic mass is 10.0. The molecule has 7 nitrogen and oxygen atoms in total. The van der Waals surface area contributed by atoms with E-state index >= 15 is 0 Å². The highest BCUT2D eigenvalue weighted by molar-refractivity contribution is 7.13. The molecule has 0 unspecified atom stereocenters. The monoisotopic (exact) mass is 548 g/mol. The fourth-order valence-corrected chi connectivity index (χ4v) is 5.56. The Balaban J connectivity index is 1.18. The number of morpholine rings is 1. The molecule has 3 aromatic carbocycles. The second-order valence-electron chi connectivity index (χ2n) is 9.78. The lowest BCUT2D eigenvalue weighted by Crippen LogP contribution is -2.37. The molecule has 8 heteroatoms. The SMILES string of the molecule is O=C(Nc1nccs1)[C@@H](c1ccccc1)N1Cc2ccc(C#Cc3ccc(CN4CCOCC4)cc3)cc2C1=O. The molecule has 0 saturated carbocycles. The Kier molecular flexibility index (Phi) is 7.69. The number of anilines is 1. The molecule has 2 aliphatic heterocycles. The van der Waals surface area contributed by atoms with E-state index in [4.69, 9.17) is 4.74 Å². The van der Waals surface area contributed by atoms with E-state index in [9.17, 15) is 9.59 Å². The quantitative estimate of drug-likeness (QED) is 0.353. The van der Waals surface area contributed by atoms with Crippen LogP contribution in [0.5, 0.6) is 0 Å². The minimum atomic E-state index is -0.782. The summed E-state index contributed by atoms with van der Waals surface area (Å²) in [5.74, 6) is 5.95. The highest BCUT2D eigenvalue weighted by atomic mass is 32.1. The van der Waals surface area contributed by atoms with Crippen LogP contribution < -0.4 is 5.32 Å². The zero-order valence-electron chi connectivity index (χ0n) is 21.9. The predicted octanol–water partition coefficient (Wildman–Crippen LogP) is 4.71. The normalized spacial score (nSPS) is 15.7. The molecule has 2 aliphatic rings. The Morgan fingerprint density at radius 1 is 1.00 bits per heavy atom. The number of nitrogens with zero attached hydrogens (tertiary/aromatic N) is 3. The van der Waals surface area contributed by atoms with Gasteiger partial charge in [-0.15, -0.1) is 11.3 Å². The Labute approximate surface area is 237 Å². The molecule has 1 atom stereocenters. The van der Waals surface area contributed by atoms with Gasteiger partial charge in [-0.2, -0.15) is 0 Å². The number of carbonyl (C=O) groups excluding carboxylic acids is 2. The third kappa shape index (κ3) is 5.82. The van der Waals surface area contributed by atoms with Crippen molar-refractivity contribution in [1.29, 1.82) is 0 Å². The van der Waals surface area contributed by atoms with Crippen LogP contribution in [0.25, 0.3) is 0 Å². The van der Waals surface area contributed by atoms with Gasteiger partial charge in [-0.3, -0.25) is 19.8 Å². The molecule has 0 spiro atoms. The topological polar surface area (TPSA) is 74.8 Å². The van der Waals surface area contributed by atoms with Crippen molar-refractivity contribution in [3.05, 3.63) is 118 Å². The molecule has 1 N–H and O–H groups in total. The van der Waals surface area contributed by atoms with Crippen molar-refractivity contribution < 1.29 is 14.3 Å². The number of fused-ring (bicyclic) bond motifs is 1. The van der Waals surface area contributed by atoms with Gasteiger partial charge in [-0.05, 0) is 41.0 Å². The zero-order valence-corrected chi connectivity index (χ0v) is 22.7. The first-order valence-electron chi connectivity index (χ1n) is 13.2. The molecule has 1 aromatic heterocycles. The van der Waals surface area contributed by atoms with Crippen LogP contribution >= 0.6 is 11.3 Å². The van der Waals surface area contributed by atoms with Crippen LogP contribution in [0.3, 0.4) is 0 Å². The Morgan fingerprint density at radius 2 is 1.75 bits per heavy atom. The van der Waals surface area contributed by atoms with Crippen molar-refractivity contribution in [2.45, 2.75) is 19.1 Å². The number of benzene rings is 3. The van der Waals surface area contributed by atoms with E-state index in [1.165, 1.54) is 16.9 Å². The molecule has 200 valence electrons. The minimum Gasteiger partial charge on any atom is -0.379 e. The molecular formula is C32H28N4O3S. The van der Waals surface area contributed by atoms with Crippen LogP contribution in [0.2, 0.25) is 0 Å². The van der Waals surface area contributed by atoms with Gasteiger partial charge in [-0.1, -0.05) is 60.4 Å². The maximum absolute atomic E-state index is 13.6. The van der Waals surface area contributed by atoms with E-state index in [1.54, 1.807) is 16.5 Å². The zero-order chi connectivity index (χ0) is 27.3. The molecular weight excluding hydrogens is 520 g/mol. The maximum atomic E-state index is 13.6. The minimum absolute atomic E-state index is 0.186. The van der Waals surface area contributed by atoms with Gasteiger partial charge in [0.25, 0.3) is 11.8 Å². The van der Waals surface area contributed by atoms with Gasteiger partial charge in [0.05, 0.1) is 13.2 Å². The van der Waals surface area contributed by atoms with Crippen LogP contribution in [-0.4, -0.2) is 52.9 Å². The number of nitrogens with one attached hydrogen (secondary N) is 1. The van der Waals surface area contributed by atoms with Gasteiger partial charge in [0.1, 0.15) is 6.04 Å². The maximum Gasteiger partial charge on any atom is 0.255 e. The summed E-state index contributed by atoms with van der Waals surface area (Å²) < 4.78 is 5.43. The highest BCUT2D eigenvalue weighted by Gasteiger charge is 2.37. The number of carbonyl (C=O) groups is 2. The van der Waals surface area contributed by atoms with Crippen LogP contribution in [0.1, 0.15) is 44.2 Å². The van der Waals surface area contributed by atoms with Crippen molar-refractivity contribution >= 4 is 28.3 Å². The third-order valence-corrected chi connectivity index (χ3v) is 7.78. The van der Waals surface area contributed by atoms with Crippen molar-refractivity contribution in [2.24, 2.45) is 0 Å². The first kappa shape index (κ1) is 26.0. The smallest absolute Gasteiger partial charge is 0.255 e. The van der Waals surface area contributed by atoms with Gasteiger partial charge in [0.2, 0.25) is 0 Å². The average molecular weight is 549 g/mol. The summed E-state index contributed by atoms with van der Waals surface area (Å²) in [4.78, 5) is 35.2. The summed E-state index contributed by atoms with van der Waals surface area (Å²) in [6, 6.07) is 22.6. The number of rotatable bonds is 6. The van der Waals surface area contributed by atoms with Gasteiger partial charge in [0.15, 0.2) is 5.13 Å². The number of amides is 2. The molecule has 40 heavy (non-hydrogen) atoms. The van der Waals surface area contributed by atoms with Crippen LogP contribution in [-0.2, 0) is 22.6 Å². The van der Waals surface area contributed by atoms with Crippen molar-refractivity contribution in [3.63, 3.8) is 0 Å². The standard InChI is InChI=1S/C32H28N4O3S/c37-30(34-32-33-14-19-40-32)29(26-4-2-1-3-5-26)36-22-27-13-12-24(20-28(27)31(36)38)9-6-23-7-10-25(11-8-23)21-35-15-17-39-18-16-35/h1-5,7-8,10-14,19-20,29H,15-18,21-22H2,(H,33,34,37)/t29-/m1/s1. The van der Waals surface area contributed by atoms with E-state index in [-0.39, 0.29) is 11.8 Å². The number of hydrogen-bond donors (Lipinski definition) is 1. The Morgan fingerprint density at radius 3 is 2.50 bits per heavy atom. The first-order chi connectivity index (χ1) is 19.6. The molecule has 3 heterocycles. The van der Waals surface area contributed by atoms with Crippen LogP contribution in [0, 0.1) is 11.8 Å². The third-order valence-electron chi connectivity index (χ3n) is 7.09. The van der Waals surface area contributed by atoms with Crippen LogP contribution in [0.4, 0.5) is 5.13 Å². The van der Waals surface area contributed by atoms with Crippen molar-refractivity contribution in [2.75, 3.05) is 31.6 Å². The molecule has 4 aromatic rings. The summed E-state index contributed by atoms with van der Waals surface area (Å²) >= 11 is 1.34. The van der Waals surface area contributed by atoms with Gasteiger partial charge >= 0.3 is 0 Å². The van der Waals surface area contributed by atoms with Gasteiger partial charge in [-0.25, -0.2) is 4.98 Å². The fourth-order valence-electron chi connectivity index (χ4n) is 5.03. The molecule has 1 saturated heterocycles. The number of ether oxygens (including phenoxy) is 1. The van der Waals surface area contributed by atoms with E-state index in [0.717, 1.165) is 55.1 Å². The number of hydrogen-bond acceptors (Lipinski definition) is 6. The van der Waals surface area contributed by atoms with Crippen LogP contribution in [0.15, 0.2) is 84.4 Å². The highest BCUT2D eigenvalue weighted by Crippen LogP contribution is 2.33. The van der Waals surface area contributed by atoms with E-state index in [1.807, 2.05) is 60.7 Å². The Hall–Kier alpha value is -4.29. The van der Waals surface area contributed by atoms with Crippen molar-refractivity contribution in [3.8, 4) is 11.8 Å². The summed E-state index contributed by atoms with van der Waals surface area (Å²) in [6.45, 7) is 4.75. The lowest BCUT2D eigenvalue weighted by Gasteiger charge is -2.27. The number of aromatic nitrogens is 1. The second-order valence-corrected chi connectivity index (χ2v) is 10.7. The van der Waals surface area contributed by atoms with E-state index < -0.39 is 6.04 Å². The Bertz CT molecular complexity index is 1550. The molecule has 1 fully saturated rings. The van der Waals surface area contributed by atoms with E-state index in [2.05, 4.69) is 39.2 Å². The van der Waals surface area contributed by atoms with Crippen molar-refractivity contribution in [1.82, 2.24) is 14.8 Å². The molecule has 2 amide bonds. The summed E-state index contributed by atoms with van der Waals surface area (Å²) in [6.07, 6.45) is 1.64. The molecule has 0 bridgehead atoms. The number of thiazole rings is 1. The van der Waals surface area contributed by atoms with E-state index in [0.29, 0.717) is 17.2 Å². The molecule has 0 radical (unpaired) electrons. The molecule has 6 rings (SSSR count). The summed E-state index contributed by atoms with van der Waals surface area (Å²) in [5.41, 5.74) is 5.14. The van der Waals surface area contributed by atoms with Gasteiger partial charge in [0, 0.05) is 54.4 Å². The summed E-state index contributed by atoms with van der Waals surface area (Å²) in [7, 11) is 0. The average Bonchev–Trinajstić information content (AvgIpc) is 3.62.